The van der Waals surface area contributed by atoms with Crippen LogP contribution in [0, 0.1) is 0 Å². The first-order valence-electron chi connectivity index (χ1n) is 4.23. The lowest BCUT2D eigenvalue weighted by Gasteiger charge is -2.00. The maximum atomic E-state index is 11.1. The van der Waals surface area contributed by atoms with Crippen molar-refractivity contribution < 1.29 is 4.79 Å². The average Bonchev–Trinajstić information content (AvgIpc) is 1.84. The van der Waals surface area contributed by atoms with Gasteiger partial charge in [0.2, 0.25) is 0 Å². The Labute approximate surface area is 78.8 Å². The molecule has 0 radical (unpaired) electrons. The van der Waals surface area contributed by atoms with Gasteiger partial charge in [-0.05, 0) is 13.8 Å². The van der Waals surface area contributed by atoms with Gasteiger partial charge in [0.25, 0.3) is 0 Å². The van der Waals surface area contributed by atoms with Crippen LogP contribution in [0.4, 0.5) is 0 Å². The Morgan fingerprint density at radius 2 is 2.00 bits per heavy atom. The van der Waals surface area contributed by atoms with E-state index in [1.165, 1.54) is 11.8 Å². The van der Waals surface area contributed by atoms with Crippen LogP contribution in [0.2, 0.25) is 0 Å². The van der Waals surface area contributed by atoms with Gasteiger partial charge in [-0.1, -0.05) is 25.6 Å². The average molecular weight is 187 g/mol. The van der Waals surface area contributed by atoms with Crippen molar-refractivity contribution in [2.24, 2.45) is 4.99 Å². The third-order valence-corrected chi connectivity index (χ3v) is 1.93. The predicted octanol–water partition coefficient (Wildman–Crippen LogP) is 2.52. The molecule has 0 aromatic rings. The third kappa shape index (κ3) is 7.79. The summed E-state index contributed by atoms with van der Waals surface area (Å²) in [5, 5.41) is 0.583. The summed E-state index contributed by atoms with van der Waals surface area (Å²) >= 11 is 1.38. The molecule has 0 aliphatic heterocycles. The van der Waals surface area contributed by atoms with Crippen LogP contribution in [-0.4, -0.2) is 22.6 Å². The molecule has 0 saturated heterocycles. The molecule has 3 heteroatoms. The second kappa shape index (κ2) is 6.23. The molecule has 0 amide bonds. The maximum Gasteiger partial charge on any atom is 0.194 e. The zero-order valence-electron chi connectivity index (χ0n) is 8.20. The van der Waals surface area contributed by atoms with Crippen molar-refractivity contribution >= 4 is 23.1 Å². The number of carbonyl (C=O) groups is 1. The summed E-state index contributed by atoms with van der Waals surface area (Å²) in [4.78, 5) is 15.2. The first-order chi connectivity index (χ1) is 5.52. The van der Waals surface area contributed by atoms with E-state index < -0.39 is 0 Å². The van der Waals surface area contributed by atoms with Gasteiger partial charge in [0, 0.05) is 17.5 Å². The number of aliphatic imine (C=N–C) groups is 1. The van der Waals surface area contributed by atoms with Crippen molar-refractivity contribution in [3.63, 3.8) is 0 Å². The Morgan fingerprint density at radius 3 is 2.42 bits per heavy atom. The predicted molar refractivity (Wildman–Crippen MR) is 56.0 cm³/mol. The number of thioether (sulfide) groups is 1. The summed E-state index contributed by atoms with van der Waals surface area (Å²) in [5.74, 6) is 0. The summed E-state index contributed by atoms with van der Waals surface area (Å²) in [6, 6.07) is 0.293. The number of hydrogen-bond acceptors (Lipinski definition) is 3. The van der Waals surface area contributed by atoms with E-state index in [4.69, 9.17) is 0 Å². The van der Waals surface area contributed by atoms with Crippen LogP contribution in [0.25, 0.3) is 0 Å². The summed E-state index contributed by atoms with van der Waals surface area (Å²) in [6.07, 6.45) is 2.17. The first-order valence-corrected chi connectivity index (χ1v) is 5.11. The van der Waals surface area contributed by atoms with Crippen molar-refractivity contribution in [2.75, 3.05) is 0 Å². The van der Waals surface area contributed by atoms with Crippen LogP contribution in [0.15, 0.2) is 4.99 Å². The van der Waals surface area contributed by atoms with Crippen LogP contribution in [0.3, 0.4) is 0 Å². The van der Waals surface area contributed by atoms with Gasteiger partial charge >= 0.3 is 0 Å². The van der Waals surface area contributed by atoms with E-state index in [2.05, 4.69) is 4.99 Å². The molecule has 0 N–H and O–H groups in total. The fourth-order valence-electron chi connectivity index (χ4n) is 0.649. The molecule has 0 aliphatic carbocycles. The zero-order chi connectivity index (χ0) is 9.56. The summed E-state index contributed by atoms with van der Waals surface area (Å²) in [6.45, 7) is 8.03. The summed E-state index contributed by atoms with van der Waals surface area (Å²) < 4.78 is 0. The minimum atomic E-state index is 0.203. The quantitative estimate of drug-likeness (QED) is 0.633. The van der Waals surface area contributed by atoms with E-state index in [9.17, 15) is 4.79 Å². The molecule has 0 aromatic carbocycles. The third-order valence-electron chi connectivity index (χ3n) is 1.03. The standard InChI is InChI=1S/C9H17NOS/c1-7(2)10-6-5-9(11)12-8(3)4/h6-8H,5H2,1-4H3. The first kappa shape index (κ1) is 11.7. The topological polar surface area (TPSA) is 29.4 Å². The highest BCUT2D eigenvalue weighted by molar-refractivity contribution is 8.14. The highest BCUT2D eigenvalue weighted by Gasteiger charge is 2.02. The van der Waals surface area contributed by atoms with Crippen molar-refractivity contribution in [1.82, 2.24) is 0 Å². The molecule has 12 heavy (non-hydrogen) atoms. The Bertz CT molecular complexity index is 164. The van der Waals surface area contributed by atoms with Crippen LogP contribution in [0.5, 0.6) is 0 Å². The van der Waals surface area contributed by atoms with Crippen LogP contribution < -0.4 is 0 Å². The molecule has 0 aliphatic rings. The van der Waals surface area contributed by atoms with Crippen molar-refractivity contribution in [3.8, 4) is 0 Å². The van der Waals surface area contributed by atoms with E-state index in [1.54, 1.807) is 6.21 Å². The van der Waals surface area contributed by atoms with E-state index in [0.29, 0.717) is 17.7 Å². The van der Waals surface area contributed by atoms with Crippen molar-refractivity contribution in [2.45, 2.75) is 45.4 Å². The molecule has 70 valence electrons. The smallest absolute Gasteiger partial charge is 0.194 e. The molecule has 0 aromatic heterocycles. The Morgan fingerprint density at radius 1 is 1.42 bits per heavy atom. The minimum absolute atomic E-state index is 0.203. The van der Waals surface area contributed by atoms with Gasteiger partial charge in [-0.15, -0.1) is 0 Å². The van der Waals surface area contributed by atoms with Gasteiger partial charge in [-0.2, -0.15) is 0 Å². The lowest BCUT2D eigenvalue weighted by molar-refractivity contribution is -0.109. The fraction of sp³-hybridized carbons (Fsp3) is 0.778. The summed E-state index contributed by atoms with van der Waals surface area (Å²) in [5.41, 5.74) is 0. The van der Waals surface area contributed by atoms with E-state index in [1.807, 2.05) is 27.7 Å². The van der Waals surface area contributed by atoms with Gasteiger partial charge in [0.15, 0.2) is 5.12 Å². The summed E-state index contributed by atoms with van der Waals surface area (Å²) in [7, 11) is 0. The Balaban J connectivity index is 3.57. The van der Waals surface area contributed by atoms with Crippen LogP contribution in [0.1, 0.15) is 34.1 Å². The molecule has 0 heterocycles. The molecule has 0 saturated carbocycles. The second-order valence-corrected chi connectivity index (χ2v) is 4.80. The Hall–Kier alpha value is -0.310. The van der Waals surface area contributed by atoms with E-state index in [-0.39, 0.29) is 5.12 Å². The highest BCUT2D eigenvalue weighted by Crippen LogP contribution is 2.11. The number of nitrogens with zero attached hydrogens (tertiary/aromatic N) is 1. The second-order valence-electron chi connectivity index (χ2n) is 3.17. The largest absolute Gasteiger partial charge is 0.294 e. The van der Waals surface area contributed by atoms with Crippen molar-refractivity contribution in [1.29, 1.82) is 0 Å². The highest BCUT2D eigenvalue weighted by atomic mass is 32.2. The number of hydrogen-bond donors (Lipinski definition) is 0. The lowest BCUT2D eigenvalue weighted by Crippen LogP contribution is -1.99. The number of carbonyl (C=O) groups excluding carboxylic acids is 1. The normalized spacial score (nSPS) is 11.8. The molecule has 0 fully saturated rings. The molecular formula is C9H17NOS. The van der Waals surface area contributed by atoms with Gasteiger partial charge in [0.05, 0.1) is 6.42 Å². The molecular weight excluding hydrogens is 170 g/mol. The van der Waals surface area contributed by atoms with Gasteiger partial charge in [-0.3, -0.25) is 9.79 Å². The minimum Gasteiger partial charge on any atom is -0.294 e. The van der Waals surface area contributed by atoms with Crippen molar-refractivity contribution in [3.05, 3.63) is 0 Å². The number of rotatable bonds is 4. The monoisotopic (exact) mass is 187 g/mol. The maximum absolute atomic E-state index is 11.1. The van der Waals surface area contributed by atoms with Gasteiger partial charge < -0.3 is 0 Å². The molecule has 0 rings (SSSR count). The molecule has 0 unspecified atom stereocenters. The molecule has 0 atom stereocenters. The molecule has 2 nitrogen and oxygen atoms in total. The molecule has 0 spiro atoms. The molecule has 0 bridgehead atoms. The van der Waals surface area contributed by atoms with Gasteiger partial charge in [-0.25, -0.2) is 0 Å². The lowest BCUT2D eigenvalue weighted by atomic mass is 10.4. The van der Waals surface area contributed by atoms with Crippen LogP contribution >= 0.6 is 11.8 Å². The van der Waals surface area contributed by atoms with E-state index in [0.717, 1.165) is 0 Å². The fourth-order valence-corrected chi connectivity index (χ4v) is 1.35. The zero-order valence-corrected chi connectivity index (χ0v) is 9.02. The SMILES string of the molecule is CC(C)N=CCC(=O)SC(C)C. The van der Waals surface area contributed by atoms with Crippen LogP contribution in [-0.2, 0) is 4.79 Å². The van der Waals surface area contributed by atoms with Gasteiger partial charge in [0.1, 0.15) is 0 Å². The van der Waals surface area contributed by atoms with E-state index >= 15 is 0 Å². The Kier molecular flexibility index (Phi) is 6.07.